The molecule has 1 unspecified atom stereocenters. The highest BCUT2D eigenvalue weighted by Crippen LogP contribution is 2.26. The van der Waals surface area contributed by atoms with Gasteiger partial charge in [0.1, 0.15) is 5.75 Å². The Kier molecular flexibility index (Phi) is 23.7. The summed E-state index contributed by atoms with van der Waals surface area (Å²) in [5.41, 5.74) is 17.7. The second-order valence-corrected chi connectivity index (χ2v) is 23.3. The number of tetrazole rings is 2. The van der Waals surface area contributed by atoms with Gasteiger partial charge in [-0.1, -0.05) is 63.4 Å². The molecule has 2 heterocycles. The van der Waals surface area contributed by atoms with Crippen LogP contribution in [0.2, 0.25) is 0 Å². The molecule has 0 radical (unpaired) electrons. The lowest BCUT2D eigenvalue weighted by molar-refractivity contribution is -0.173. The minimum atomic E-state index is -5.06. The normalized spacial score (nSPS) is 11.5. The number of amides is 6. The highest BCUT2D eigenvalue weighted by Gasteiger charge is 2.39. The minimum absolute atomic E-state index is 0.0730. The third kappa shape index (κ3) is 21.0. The summed E-state index contributed by atoms with van der Waals surface area (Å²) in [5, 5.41) is 27.6. The smallest absolute Gasteiger partial charge is 0.472 e. The second kappa shape index (κ2) is 31.7. The van der Waals surface area contributed by atoms with Crippen LogP contribution in [0.15, 0.2) is 174 Å². The predicted molar refractivity (Wildman–Crippen MR) is 341 cm³/mol. The number of carbonyl (C=O) groups is 5. The van der Waals surface area contributed by atoms with Gasteiger partial charge in [0.15, 0.2) is 6.10 Å². The number of sulfonamides is 2. The number of ether oxygens (including phenoxy) is 1. The fourth-order valence-corrected chi connectivity index (χ4v) is 10.3. The summed E-state index contributed by atoms with van der Waals surface area (Å²) in [6, 6.07) is 40.3. The van der Waals surface area contributed by atoms with Gasteiger partial charge in [0.25, 0.3) is 26.0 Å². The first-order valence-electron chi connectivity index (χ1n) is 27.0. The average molecular weight is 1390 g/mol. The zero-order valence-corrected chi connectivity index (χ0v) is 52.4. The van der Waals surface area contributed by atoms with Gasteiger partial charge in [0.2, 0.25) is 16.0 Å². The van der Waals surface area contributed by atoms with Crippen molar-refractivity contribution < 1.29 is 71.9 Å². The Morgan fingerprint density at radius 1 is 0.547 bits per heavy atom. The van der Waals surface area contributed by atoms with Crippen LogP contribution in [0, 0.1) is 23.4 Å². The molecule has 2 aromatic heterocycles. The molecule has 0 aliphatic rings. The van der Waals surface area contributed by atoms with E-state index in [9.17, 15) is 67.2 Å². The highest BCUT2D eigenvalue weighted by atomic mass is 32.2. The van der Waals surface area contributed by atoms with Crippen molar-refractivity contribution in [3.8, 4) is 17.1 Å². The van der Waals surface area contributed by atoms with Crippen LogP contribution >= 0.6 is 24.4 Å². The van der Waals surface area contributed by atoms with Crippen LogP contribution in [0.3, 0.4) is 0 Å². The van der Waals surface area contributed by atoms with Crippen LogP contribution < -0.4 is 62.7 Å². The van der Waals surface area contributed by atoms with Gasteiger partial charge in [-0.25, -0.2) is 31.0 Å². The van der Waals surface area contributed by atoms with Gasteiger partial charge in [-0.15, -0.1) is 0 Å². The van der Waals surface area contributed by atoms with Crippen molar-refractivity contribution in [3.05, 3.63) is 184 Å². The van der Waals surface area contributed by atoms with Crippen LogP contribution in [0.4, 0.5) is 76.6 Å². The molecule has 0 spiro atoms. The van der Waals surface area contributed by atoms with Crippen LogP contribution in [0.5, 0.6) is 5.75 Å². The van der Waals surface area contributed by atoms with Crippen molar-refractivity contribution in [1.29, 1.82) is 0 Å². The Bertz CT molecular complexity index is 4540. The molecule has 29 nitrogen and oxygen atoms in total. The number of nitrogens with one attached hydrogen (secondary N) is 13. The molecule has 498 valence electrons. The summed E-state index contributed by atoms with van der Waals surface area (Å²) in [6.07, 6.45) is -9.57. The number of benzene rings is 7. The van der Waals surface area contributed by atoms with E-state index in [4.69, 9.17) is 29.2 Å². The number of rotatable bonds is 22. The predicted octanol–water partition coefficient (Wildman–Crippen LogP) is 9.08. The highest BCUT2D eigenvalue weighted by molar-refractivity contribution is 7.93. The number of urea groups is 1. The zero-order valence-electron chi connectivity index (χ0n) is 49.1. The number of hydrogen-bond donors (Lipinski definition) is 13. The van der Waals surface area contributed by atoms with E-state index in [-0.39, 0.29) is 53.7 Å². The third-order valence-corrected chi connectivity index (χ3v) is 15.5. The summed E-state index contributed by atoms with van der Waals surface area (Å²) in [4.78, 5) is 56.7. The molecular formula is C56H53F6N19O10S4. The maximum atomic E-state index is 12.9. The lowest BCUT2D eigenvalue weighted by Crippen LogP contribution is -2.40. The third-order valence-electron chi connectivity index (χ3n) is 12.2. The number of hydrazine groups is 3. The maximum Gasteiger partial charge on any atom is 0.472 e. The van der Waals surface area contributed by atoms with Gasteiger partial charge in [-0.3, -0.25) is 61.2 Å². The average Bonchev–Trinajstić information content (AvgIpc) is 1.70. The maximum absolute atomic E-state index is 12.9. The van der Waals surface area contributed by atoms with Gasteiger partial charge in [-0.05, 0) is 184 Å². The number of aryl methyl sites for hydroxylation is 2. The lowest BCUT2D eigenvalue weighted by Gasteiger charge is -2.19. The van der Waals surface area contributed by atoms with E-state index >= 15 is 0 Å². The van der Waals surface area contributed by atoms with Crippen LogP contribution in [0.1, 0.15) is 24.5 Å². The first-order chi connectivity index (χ1) is 45.0. The first-order valence-corrected chi connectivity index (χ1v) is 30.8. The molecule has 0 fully saturated rings. The quantitative estimate of drug-likeness (QED) is 0.0130. The minimum Gasteiger partial charge on any atom is -0.480 e. The Morgan fingerprint density at radius 2 is 0.979 bits per heavy atom. The van der Waals surface area contributed by atoms with E-state index in [1.54, 1.807) is 54.6 Å². The van der Waals surface area contributed by atoms with Gasteiger partial charge in [-0.2, -0.15) is 36.8 Å². The van der Waals surface area contributed by atoms with Crippen LogP contribution in [-0.4, -0.2) is 106 Å². The molecule has 0 saturated heterocycles. The van der Waals surface area contributed by atoms with E-state index in [2.05, 4.69) is 78.1 Å². The number of nitrogens with zero attached hydrogens (tertiary/aromatic N) is 6. The number of anilines is 8. The largest absolute Gasteiger partial charge is 0.480 e. The molecule has 95 heavy (non-hydrogen) atoms. The van der Waals surface area contributed by atoms with Gasteiger partial charge in [0.05, 0.1) is 38.2 Å². The molecule has 0 aliphatic heterocycles. The number of H-pyrrole nitrogens is 2. The molecule has 0 bridgehead atoms. The Balaban J connectivity index is 0.000000208. The zero-order chi connectivity index (χ0) is 69.1. The van der Waals surface area contributed by atoms with Gasteiger partial charge in [0, 0.05) is 28.4 Å². The number of hydrogen-bond acceptors (Lipinski definition) is 19. The standard InChI is InChI=1S/C22H18F3N9O4S2.C19H23N3O3.C15H12F3N7O3S2/c23-22(24,25)19(35)29-28-13-7-9-14(10-8-13)31-40(37,38)18-6-2-4-16(12-18)27-20(36)26-15-3-1-5-17(11-15)34-21(39)30-32-33-34;1-4-17(25-18-10-5-13(2)11-14(18)3)19(24)21-15-6-8-16(9-7-15)22-20-12-23;16-15(17,18)13(26)20-19-9-4-6-10(7-5-9)22-30(27,28)12-3-1-2-11(8-12)25-14(29)21-23-24-25/h1-12,28,31H,(H,29,35)(H2,26,27,36)(H,30,33,39);5-12,17,22H,4H2,1-3H3,(H,20,23)(H,21,24);1-8,19,22H,(H,20,26)(H,21,24,29). The lowest BCUT2D eigenvalue weighted by atomic mass is 10.1. The molecule has 6 amide bonds. The fourth-order valence-electron chi connectivity index (χ4n) is 7.73. The fraction of sp³-hybridized carbons (Fsp3) is 0.125. The topological polar surface area (TPSA) is 388 Å². The van der Waals surface area contributed by atoms with Crippen molar-refractivity contribution >= 4 is 120 Å². The van der Waals surface area contributed by atoms with E-state index < -0.39 is 56.3 Å². The molecule has 9 rings (SSSR count). The summed E-state index contributed by atoms with van der Waals surface area (Å²) >= 11 is 10.0. The molecule has 0 aliphatic carbocycles. The number of aromatic nitrogens is 8. The molecule has 0 saturated carbocycles. The van der Waals surface area contributed by atoms with Crippen molar-refractivity contribution in [2.24, 2.45) is 0 Å². The van der Waals surface area contributed by atoms with E-state index in [0.717, 1.165) is 11.1 Å². The molecular weight excluding hydrogens is 1340 g/mol. The van der Waals surface area contributed by atoms with E-state index in [0.29, 0.717) is 47.0 Å². The number of alkyl halides is 6. The van der Waals surface area contributed by atoms with Crippen molar-refractivity contribution in [1.82, 2.24) is 56.7 Å². The number of carbonyl (C=O) groups excluding carboxylic acids is 5. The molecule has 7 aromatic carbocycles. The Morgan fingerprint density at radius 3 is 1.43 bits per heavy atom. The van der Waals surface area contributed by atoms with Crippen molar-refractivity contribution in [2.75, 3.05) is 41.7 Å². The molecule has 9 aromatic rings. The molecule has 39 heteroatoms. The summed E-state index contributed by atoms with van der Waals surface area (Å²) in [5.74, 6) is -3.84. The van der Waals surface area contributed by atoms with Crippen molar-refractivity contribution in [3.63, 3.8) is 0 Å². The van der Waals surface area contributed by atoms with Gasteiger partial charge < -0.3 is 20.7 Å². The number of halogens is 6. The van der Waals surface area contributed by atoms with Crippen molar-refractivity contribution in [2.45, 2.75) is 55.4 Å². The summed E-state index contributed by atoms with van der Waals surface area (Å²) in [7, 11) is -8.10. The summed E-state index contributed by atoms with van der Waals surface area (Å²) in [6.45, 7) is 5.89. The van der Waals surface area contributed by atoms with Gasteiger partial charge >= 0.3 is 30.2 Å². The second-order valence-electron chi connectivity index (χ2n) is 19.2. The number of aromatic amines is 2. The van der Waals surface area contributed by atoms with E-state index in [1.807, 2.05) is 39.0 Å². The monoisotopic (exact) mass is 1390 g/mol. The van der Waals surface area contributed by atoms with E-state index in [1.165, 1.54) is 111 Å². The van der Waals surface area contributed by atoms with Crippen LogP contribution in [-0.2, 0) is 39.2 Å². The Labute approximate surface area is 544 Å². The Hall–Kier alpha value is -11.5. The molecule has 13 N–H and O–H groups in total. The summed E-state index contributed by atoms with van der Waals surface area (Å²) < 4.78 is 138. The molecule has 1 atom stereocenters. The SMILES string of the molecule is CCC(Oc1ccc(C)cc1C)C(=O)Nc1ccc(NNC=O)cc1.O=C(NNc1ccc(NS(=O)(=O)c2cccc(-n3[nH]nnc3=S)c2)cc1)C(F)(F)F.O=C(Nc1cccc(-n2[nH]nnc2=S)c1)Nc1cccc(S(=O)(=O)Nc2ccc(NNC(=O)C(F)(F)F)cc2)c1. The first kappa shape index (κ1) is 71.0. The van der Waals surface area contributed by atoms with Crippen LogP contribution in [0.25, 0.3) is 11.4 Å².